The van der Waals surface area contributed by atoms with E-state index in [0.29, 0.717) is 6.04 Å². The number of rotatable bonds is 6. The molecule has 0 fully saturated rings. The van der Waals surface area contributed by atoms with Crippen LogP contribution in [0.3, 0.4) is 0 Å². The van der Waals surface area contributed by atoms with Gasteiger partial charge in [0, 0.05) is 23.5 Å². The van der Waals surface area contributed by atoms with E-state index in [1.165, 1.54) is 4.88 Å². The molecule has 0 amide bonds. The molecule has 0 saturated carbocycles. The summed E-state index contributed by atoms with van der Waals surface area (Å²) in [5, 5.41) is 4.31. The van der Waals surface area contributed by atoms with Crippen molar-refractivity contribution in [2.24, 2.45) is 0 Å². The lowest BCUT2D eigenvalue weighted by molar-refractivity contribution is 0.414. The van der Waals surface area contributed by atoms with Crippen molar-refractivity contribution in [2.75, 3.05) is 6.54 Å². The van der Waals surface area contributed by atoms with E-state index in [9.17, 15) is 4.79 Å². The lowest BCUT2D eigenvalue weighted by Gasteiger charge is -2.20. The first-order valence-electron chi connectivity index (χ1n) is 7.69. The first-order valence-corrected chi connectivity index (χ1v) is 8.51. The largest absolute Gasteiger partial charge is 0.312 e. The van der Waals surface area contributed by atoms with E-state index in [2.05, 4.69) is 31.1 Å². The number of aryl methyl sites for hydroxylation is 2. The molecule has 5 heteroatoms. The highest BCUT2D eigenvalue weighted by molar-refractivity contribution is 7.18. The first kappa shape index (κ1) is 16.2. The van der Waals surface area contributed by atoms with Gasteiger partial charge in [0.1, 0.15) is 4.83 Å². The summed E-state index contributed by atoms with van der Waals surface area (Å²) in [6, 6.07) is 0.625. The van der Waals surface area contributed by atoms with Gasteiger partial charge in [0.15, 0.2) is 0 Å². The standard InChI is InChI=1S/C16H25N3OS/c1-6-13(7-2)17-8-10(3)19-9-18-15-14(16(19)20)11(4)12(5)21-15/h9-10,13,17H,6-8H2,1-5H3. The molecule has 0 radical (unpaired) electrons. The van der Waals surface area contributed by atoms with E-state index in [0.717, 1.165) is 35.2 Å². The van der Waals surface area contributed by atoms with Gasteiger partial charge in [-0.25, -0.2) is 4.98 Å². The molecule has 2 heterocycles. The summed E-state index contributed by atoms with van der Waals surface area (Å²) in [4.78, 5) is 19.2. The van der Waals surface area contributed by atoms with Crippen LogP contribution in [0.5, 0.6) is 0 Å². The third-order valence-electron chi connectivity index (χ3n) is 4.28. The fraction of sp³-hybridized carbons (Fsp3) is 0.625. The maximum Gasteiger partial charge on any atom is 0.262 e. The van der Waals surface area contributed by atoms with Gasteiger partial charge in [-0.1, -0.05) is 13.8 Å². The number of thiophene rings is 1. The third-order valence-corrected chi connectivity index (χ3v) is 5.39. The second-order valence-electron chi connectivity index (χ2n) is 5.69. The van der Waals surface area contributed by atoms with Gasteiger partial charge in [-0.2, -0.15) is 0 Å². The van der Waals surface area contributed by atoms with Gasteiger partial charge in [0.2, 0.25) is 0 Å². The topological polar surface area (TPSA) is 46.9 Å². The third kappa shape index (κ3) is 3.19. The number of hydrogen-bond acceptors (Lipinski definition) is 4. The normalized spacial score (nSPS) is 13.2. The summed E-state index contributed by atoms with van der Waals surface area (Å²) in [7, 11) is 0. The molecule has 0 aliphatic heterocycles. The molecule has 1 atom stereocenters. The van der Waals surface area contributed by atoms with Gasteiger partial charge in [-0.3, -0.25) is 9.36 Å². The van der Waals surface area contributed by atoms with Crippen molar-refractivity contribution in [1.82, 2.24) is 14.9 Å². The smallest absolute Gasteiger partial charge is 0.262 e. The number of nitrogens with one attached hydrogen (secondary N) is 1. The quantitative estimate of drug-likeness (QED) is 0.889. The molecule has 21 heavy (non-hydrogen) atoms. The van der Waals surface area contributed by atoms with E-state index in [4.69, 9.17) is 0 Å². The van der Waals surface area contributed by atoms with Crippen molar-refractivity contribution < 1.29 is 0 Å². The van der Waals surface area contributed by atoms with E-state index in [1.54, 1.807) is 22.2 Å². The highest BCUT2D eigenvalue weighted by Gasteiger charge is 2.15. The van der Waals surface area contributed by atoms with Crippen LogP contribution in [-0.4, -0.2) is 22.1 Å². The Kier molecular flexibility index (Phi) is 5.17. The molecule has 0 spiro atoms. The summed E-state index contributed by atoms with van der Waals surface area (Å²) in [5.74, 6) is 0. The van der Waals surface area contributed by atoms with Crippen LogP contribution in [0.25, 0.3) is 10.2 Å². The fourth-order valence-electron chi connectivity index (χ4n) is 2.57. The summed E-state index contributed by atoms with van der Waals surface area (Å²) in [5.41, 5.74) is 1.16. The Bertz CT molecular complexity index is 670. The van der Waals surface area contributed by atoms with Crippen molar-refractivity contribution in [2.45, 2.75) is 59.5 Å². The molecule has 0 saturated heterocycles. The van der Waals surface area contributed by atoms with Crippen molar-refractivity contribution in [3.63, 3.8) is 0 Å². The second kappa shape index (κ2) is 6.71. The summed E-state index contributed by atoms with van der Waals surface area (Å²) < 4.78 is 1.76. The van der Waals surface area contributed by atoms with Crippen molar-refractivity contribution in [3.8, 4) is 0 Å². The van der Waals surface area contributed by atoms with Gasteiger partial charge in [-0.15, -0.1) is 11.3 Å². The zero-order chi connectivity index (χ0) is 15.6. The zero-order valence-electron chi connectivity index (χ0n) is 13.6. The predicted molar refractivity (Wildman–Crippen MR) is 90.4 cm³/mol. The molecular weight excluding hydrogens is 282 g/mol. The summed E-state index contributed by atoms with van der Waals surface area (Å²) >= 11 is 1.60. The highest BCUT2D eigenvalue weighted by Crippen LogP contribution is 2.25. The van der Waals surface area contributed by atoms with E-state index in [-0.39, 0.29) is 11.6 Å². The van der Waals surface area contributed by atoms with Crippen LogP contribution in [0.15, 0.2) is 11.1 Å². The van der Waals surface area contributed by atoms with Gasteiger partial charge >= 0.3 is 0 Å². The Morgan fingerprint density at radius 1 is 1.33 bits per heavy atom. The minimum absolute atomic E-state index is 0.0840. The molecular formula is C16H25N3OS. The lowest BCUT2D eigenvalue weighted by atomic mass is 10.1. The number of fused-ring (bicyclic) bond motifs is 1. The minimum atomic E-state index is 0.0840. The number of nitrogens with zero attached hydrogens (tertiary/aromatic N) is 2. The molecule has 2 rings (SSSR count). The molecule has 1 unspecified atom stereocenters. The Hall–Kier alpha value is -1.20. The zero-order valence-corrected chi connectivity index (χ0v) is 14.4. The van der Waals surface area contributed by atoms with Crippen LogP contribution in [0.4, 0.5) is 0 Å². The summed E-state index contributed by atoms with van der Waals surface area (Å²) in [6.07, 6.45) is 3.91. The first-order chi connectivity index (χ1) is 9.99. The molecule has 0 aliphatic carbocycles. The lowest BCUT2D eigenvalue weighted by Crippen LogP contribution is -2.35. The maximum atomic E-state index is 12.7. The summed E-state index contributed by atoms with van der Waals surface area (Å²) in [6.45, 7) is 11.3. The predicted octanol–water partition coefficient (Wildman–Crippen LogP) is 3.41. The Morgan fingerprint density at radius 2 is 2.00 bits per heavy atom. The monoisotopic (exact) mass is 307 g/mol. The number of hydrogen-bond donors (Lipinski definition) is 1. The molecule has 2 aromatic rings. The molecule has 4 nitrogen and oxygen atoms in total. The van der Waals surface area contributed by atoms with Crippen LogP contribution >= 0.6 is 11.3 Å². The van der Waals surface area contributed by atoms with Gasteiger partial charge < -0.3 is 5.32 Å². The maximum absolute atomic E-state index is 12.7. The Morgan fingerprint density at radius 3 is 2.62 bits per heavy atom. The molecule has 1 N–H and O–H groups in total. The minimum Gasteiger partial charge on any atom is -0.312 e. The van der Waals surface area contributed by atoms with E-state index >= 15 is 0 Å². The van der Waals surface area contributed by atoms with Crippen LogP contribution < -0.4 is 10.9 Å². The van der Waals surface area contributed by atoms with Crippen LogP contribution in [0.1, 0.15) is 50.1 Å². The van der Waals surface area contributed by atoms with Crippen molar-refractivity contribution in [3.05, 3.63) is 27.1 Å². The highest BCUT2D eigenvalue weighted by atomic mass is 32.1. The van der Waals surface area contributed by atoms with Gasteiger partial charge in [-0.05, 0) is 39.2 Å². The average molecular weight is 307 g/mol. The van der Waals surface area contributed by atoms with Gasteiger partial charge in [0.25, 0.3) is 5.56 Å². The van der Waals surface area contributed by atoms with Crippen molar-refractivity contribution >= 4 is 21.6 Å². The molecule has 0 bridgehead atoms. The van der Waals surface area contributed by atoms with E-state index < -0.39 is 0 Å². The van der Waals surface area contributed by atoms with Crippen molar-refractivity contribution in [1.29, 1.82) is 0 Å². The Balaban J connectivity index is 2.28. The van der Waals surface area contributed by atoms with E-state index in [1.807, 2.05) is 13.8 Å². The molecule has 116 valence electrons. The SMILES string of the molecule is CCC(CC)NCC(C)n1cnc2sc(C)c(C)c2c1=O. The van der Waals surface area contributed by atoms with Gasteiger partial charge in [0.05, 0.1) is 11.7 Å². The molecule has 0 aromatic carbocycles. The second-order valence-corrected chi connectivity index (χ2v) is 6.89. The van der Waals surface area contributed by atoms with Crippen LogP contribution in [-0.2, 0) is 0 Å². The molecule has 0 aliphatic rings. The average Bonchev–Trinajstić information content (AvgIpc) is 2.76. The van der Waals surface area contributed by atoms with Crippen LogP contribution in [0, 0.1) is 13.8 Å². The Labute approximate surface area is 130 Å². The number of aromatic nitrogens is 2. The van der Waals surface area contributed by atoms with Crippen LogP contribution in [0.2, 0.25) is 0 Å². The molecule has 2 aromatic heterocycles. The fourth-order valence-corrected chi connectivity index (χ4v) is 3.56.